The van der Waals surface area contributed by atoms with Crippen LogP contribution < -0.4 is 10.1 Å². The normalized spacial score (nSPS) is 11.8. The van der Waals surface area contributed by atoms with E-state index in [1.807, 2.05) is 62.4 Å². The van der Waals surface area contributed by atoms with Crippen molar-refractivity contribution in [3.05, 3.63) is 59.1 Å². The first kappa shape index (κ1) is 18.7. The molecule has 0 fully saturated rings. The van der Waals surface area contributed by atoms with E-state index in [9.17, 15) is 4.79 Å². The van der Waals surface area contributed by atoms with Crippen LogP contribution in [-0.4, -0.2) is 18.3 Å². The number of carbonyl (C=O) groups excluding carboxylic acids is 1. The quantitative estimate of drug-likeness (QED) is 0.663. The summed E-state index contributed by atoms with van der Waals surface area (Å²) in [6.07, 6.45) is 0.481. The summed E-state index contributed by atoms with van der Waals surface area (Å²) in [7, 11) is 0. The molecule has 2 aromatic carbocycles. The van der Waals surface area contributed by atoms with Crippen molar-refractivity contribution >= 4 is 29.3 Å². The molecule has 128 valence electrons. The molecule has 0 aromatic heterocycles. The van der Waals surface area contributed by atoms with Gasteiger partial charge in [0.1, 0.15) is 5.75 Å². The highest BCUT2D eigenvalue weighted by Crippen LogP contribution is 2.21. The molecular weight excluding hydrogens is 342 g/mol. The van der Waals surface area contributed by atoms with Crippen molar-refractivity contribution in [3.63, 3.8) is 0 Å². The van der Waals surface area contributed by atoms with E-state index in [1.54, 1.807) is 11.8 Å². The van der Waals surface area contributed by atoms with Crippen LogP contribution in [0.5, 0.6) is 5.75 Å². The lowest BCUT2D eigenvalue weighted by Gasteiger charge is -2.15. The summed E-state index contributed by atoms with van der Waals surface area (Å²) >= 11 is 7.51. The minimum Gasteiger partial charge on any atom is -0.494 e. The standard InChI is InChI=1S/C19H22ClNO2S/c1-3-23-17-8-4-15(5-9-17)14(2)21-19(22)12-13-24-18-10-6-16(20)7-11-18/h4-11,14H,3,12-13H2,1-2H3,(H,21,22). The molecule has 0 heterocycles. The number of benzene rings is 2. The molecule has 24 heavy (non-hydrogen) atoms. The maximum Gasteiger partial charge on any atom is 0.221 e. The molecule has 1 N–H and O–H groups in total. The molecule has 0 saturated carbocycles. The number of nitrogens with one attached hydrogen (secondary N) is 1. The summed E-state index contributed by atoms with van der Waals surface area (Å²) in [5.74, 6) is 1.64. The zero-order valence-corrected chi connectivity index (χ0v) is 15.5. The van der Waals surface area contributed by atoms with Gasteiger partial charge >= 0.3 is 0 Å². The van der Waals surface area contributed by atoms with Crippen LogP contribution in [0.2, 0.25) is 5.02 Å². The van der Waals surface area contributed by atoms with Gasteiger partial charge in [-0.15, -0.1) is 11.8 Å². The Morgan fingerprint density at radius 2 is 1.83 bits per heavy atom. The lowest BCUT2D eigenvalue weighted by molar-refractivity contribution is -0.121. The second kappa shape index (κ2) is 9.60. The molecule has 3 nitrogen and oxygen atoms in total. The zero-order chi connectivity index (χ0) is 17.4. The molecule has 2 rings (SSSR count). The Morgan fingerprint density at radius 3 is 2.46 bits per heavy atom. The first-order chi connectivity index (χ1) is 11.6. The van der Waals surface area contributed by atoms with E-state index in [-0.39, 0.29) is 11.9 Å². The van der Waals surface area contributed by atoms with Crippen molar-refractivity contribution < 1.29 is 9.53 Å². The number of hydrogen-bond donors (Lipinski definition) is 1. The van der Waals surface area contributed by atoms with Gasteiger partial charge < -0.3 is 10.1 Å². The van der Waals surface area contributed by atoms with Crippen LogP contribution in [0.25, 0.3) is 0 Å². The average Bonchev–Trinajstić information content (AvgIpc) is 2.57. The van der Waals surface area contributed by atoms with E-state index in [0.717, 1.165) is 27.0 Å². The minimum absolute atomic E-state index is 0.0197. The highest BCUT2D eigenvalue weighted by molar-refractivity contribution is 7.99. The van der Waals surface area contributed by atoms with Crippen molar-refractivity contribution in [1.82, 2.24) is 5.32 Å². The summed E-state index contributed by atoms with van der Waals surface area (Å²) in [6, 6.07) is 15.5. The molecule has 0 aliphatic rings. The van der Waals surface area contributed by atoms with Crippen molar-refractivity contribution in [2.75, 3.05) is 12.4 Å². The number of ether oxygens (including phenoxy) is 1. The Hall–Kier alpha value is -1.65. The molecule has 1 atom stereocenters. The van der Waals surface area contributed by atoms with Gasteiger partial charge in [0.05, 0.1) is 12.6 Å². The molecule has 2 aromatic rings. The first-order valence-electron chi connectivity index (χ1n) is 7.99. The Labute approximate surface area is 152 Å². The number of carbonyl (C=O) groups is 1. The molecule has 1 amide bonds. The minimum atomic E-state index is -0.0197. The van der Waals surface area contributed by atoms with E-state index in [1.165, 1.54) is 0 Å². The topological polar surface area (TPSA) is 38.3 Å². The van der Waals surface area contributed by atoms with Gasteiger partial charge in [-0.2, -0.15) is 0 Å². The first-order valence-corrected chi connectivity index (χ1v) is 9.35. The van der Waals surface area contributed by atoms with Crippen molar-refractivity contribution in [1.29, 1.82) is 0 Å². The molecule has 5 heteroatoms. The van der Waals surface area contributed by atoms with E-state index in [4.69, 9.17) is 16.3 Å². The molecule has 0 aliphatic heterocycles. The van der Waals surface area contributed by atoms with E-state index in [2.05, 4.69) is 5.32 Å². The fourth-order valence-electron chi connectivity index (χ4n) is 2.21. The molecule has 0 spiro atoms. The molecule has 0 radical (unpaired) electrons. The van der Waals surface area contributed by atoms with Crippen LogP contribution in [0.4, 0.5) is 0 Å². The average molecular weight is 364 g/mol. The fraction of sp³-hybridized carbons (Fsp3) is 0.316. The molecular formula is C19H22ClNO2S. The van der Waals surface area contributed by atoms with Crippen LogP contribution in [0.15, 0.2) is 53.4 Å². The maximum atomic E-state index is 12.1. The summed E-state index contributed by atoms with van der Waals surface area (Å²) in [6.45, 7) is 4.59. The van der Waals surface area contributed by atoms with Gasteiger partial charge in [-0.1, -0.05) is 23.7 Å². The van der Waals surface area contributed by atoms with Gasteiger partial charge in [0.2, 0.25) is 5.91 Å². The van der Waals surface area contributed by atoms with Gasteiger partial charge in [0, 0.05) is 22.1 Å². The van der Waals surface area contributed by atoms with Crippen LogP contribution in [0, 0.1) is 0 Å². The Bertz CT molecular complexity index is 643. The number of rotatable bonds is 8. The third-order valence-corrected chi connectivity index (χ3v) is 4.75. The largest absolute Gasteiger partial charge is 0.494 e. The van der Waals surface area contributed by atoms with Gasteiger partial charge in [-0.25, -0.2) is 0 Å². The zero-order valence-electron chi connectivity index (χ0n) is 13.9. The van der Waals surface area contributed by atoms with Crippen LogP contribution >= 0.6 is 23.4 Å². The number of hydrogen-bond acceptors (Lipinski definition) is 3. The SMILES string of the molecule is CCOc1ccc(C(C)NC(=O)CCSc2ccc(Cl)cc2)cc1. The van der Waals surface area contributed by atoms with Crippen LogP contribution in [-0.2, 0) is 4.79 Å². The van der Waals surface area contributed by atoms with Crippen LogP contribution in [0.1, 0.15) is 31.9 Å². The second-order valence-corrected chi connectivity index (χ2v) is 6.95. The molecule has 0 aliphatic carbocycles. The lowest BCUT2D eigenvalue weighted by atomic mass is 10.1. The van der Waals surface area contributed by atoms with Crippen molar-refractivity contribution in [2.24, 2.45) is 0 Å². The Balaban J connectivity index is 1.75. The Kier molecular flexibility index (Phi) is 7.47. The second-order valence-electron chi connectivity index (χ2n) is 5.34. The number of halogens is 1. The van der Waals surface area contributed by atoms with Crippen LogP contribution in [0.3, 0.4) is 0 Å². The molecule has 0 bridgehead atoms. The van der Waals surface area contributed by atoms with Gasteiger partial charge in [-0.05, 0) is 55.8 Å². The third-order valence-electron chi connectivity index (χ3n) is 3.48. The maximum absolute atomic E-state index is 12.1. The fourth-order valence-corrected chi connectivity index (χ4v) is 3.19. The van der Waals surface area contributed by atoms with Crippen molar-refractivity contribution in [2.45, 2.75) is 31.2 Å². The van der Waals surface area contributed by atoms with Gasteiger partial charge in [-0.3, -0.25) is 4.79 Å². The lowest BCUT2D eigenvalue weighted by Crippen LogP contribution is -2.26. The number of thioether (sulfide) groups is 1. The van der Waals surface area contributed by atoms with E-state index in [0.29, 0.717) is 13.0 Å². The number of amides is 1. The smallest absolute Gasteiger partial charge is 0.221 e. The summed E-state index contributed by atoms with van der Waals surface area (Å²) in [4.78, 5) is 13.2. The summed E-state index contributed by atoms with van der Waals surface area (Å²) < 4.78 is 5.43. The van der Waals surface area contributed by atoms with Gasteiger partial charge in [0.15, 0.2) is 0 Å². The molecule has 1 unspecified atom stereocenters. The van der Waals surface area contributed by atoms with Gasteiger partial charge in [0.25, 0.3) is 0 Å². The highest BCUT2D eigenvalue weighted by atomic mass is 35.5. The highest BCUT2D eigenvalue weighted by Gasteiger charge is 2.09. The summed E-state index contributed by atoms with van der Waals surface area (Å²) in [5, 5.41) is 3.75. The predicted molar refractivity (Wildman–Crippen MR) is 101 cm³/mol. The third kappa shape index (κ3) is 6.10. The predicted octanol–water partition coefficient (Wildman–Crippen LogP) is 5.10. The monoisotopic (exact) mass is 363 g/mol. The Morgan fingerprint density at radius 1 is 1.17 bits per heavy atom. The van der Waals surface area contributed by atoms with Crippen molar-refractivity contribution in [3.8, 4) is 5.75 Å². The molecule has 0 saturated heterocycles. The van der Waals surface area contributed by atoms with E-state index >= 15 is 0 Å². The van der Waals surface area contributed by atoms with E-state index < -0.39 is 0 Å². The summed E-state index contributed by atoms with van der Waals surface area (Å²) in [5.41, 5.74) is 1.07.